The summed E-state index contributed by atoms with van der Waals surface area (Å²) in [4.78, 5) is 59.7. The third-order valence-electron chi connectivity index (χ3n) is 4.72. The fourth-order valence-electron chi connectivity index (χ4n) is 2.81. The molecule has 0 radical (unpaired) electrons. The van der Waals surface area contributed by atoms with Crippen LogP contribution in [-0.2, 0) is 30.4 Å². The number of phenolic OH excluding ortho intramolecular Hbond substituents is 1. The van der Waals surface area contributed by atoms with Crippen molar-refractivity contribution in [3.05, 3.63) is 29.8 Å². The van der Waals surface area contributed by atoms with Gasteiger partial charge in [0.15, 0.2) is 0 Å². The van der Waals surface area contributed by atoms with Gasteiger partial charge in [-0.3, -0.25) is 19.2 Å². The lowest BCUT2D eigenvalue weighted by Crippen LogP contribution is -2.56. The van der Waals surface area contributed by atoms with Crippen molar-refractivity contribution in [2.45, 2.75) is 50.4 Å². The molecule has 188 valence electrons. The van der Waals surface area contributed by atoms with Crippen LogP contribution in [0.2, 0.25) is 0 Å². The minimum atomic E-state index is -1.35. The van der Waals surface area contributed by atoms with E-state index in [1.807, 2.05) is 0 Å². The average molecular weight is 499 g/mol. The van der Waals surface area contributed by atoms with Gasteiger partial charge in [-0.1, -0.05) is 12.1 Å². The maximum Gasteiger partial charge on any atom is 0.326 e. The number of benzene rings is 1. The Labute approximate surface area is 200 Å². The highest BCUT2D eigenvalue weighted by Crippen LogP contribution is 2.11. The lowest BCUT2D eigenvalue weighted by Gasteiger charge is -2.23. The Bertz CT molecular complexity index is 880. The first-order valence-corrected chi connectivity index (χ1v) is 11.7. The molecular formula is C21H30N4O8S. The molecule has 0 aliphatic rings. The molecule has 0 fully saturated rings. The molecule has 1 aromatic carbocycles. The summed E-state index contributed by atoms with van der Waals surface area (Å²) < 4.78 is 0. The van der Waals surface area contributed by atoms with Crippen molar-refractivity contribution in [2.75, 3.05) is 12.0 Å². The lowest BCUT2D eigenvalue weighted by atomic mass is 10.1. The van der Waals surface area contributed by atoms with Crippen LogP contribution >= 0.6 is 11.8 Å². The van der Waals surface area contributed by atoms with Crippen molar-refractivity contribution in [1.29, 1.82) is 0 Å². The Hall–Kier alpha value is -3.32. The Morgan fingerprint density at radius 3 is 2.06 bits per heavy atom. The van der Waals surface area contributed by atoms with E-state index in [-0.39, 0.29) is 18.6 Å². The standard InChI is InChI=1S/C21H30N4O8S/c1-11(18(29)25-16(21(32)33)9-12-3-5-13(26)6-4-12)23-20(31)15(7-8-34-2)24-19(30)14(22)10-17(27)28/h3-6,11,14-16,26H,7-10,22H2,1-2H3,(H,23,31)(H,24,30)(H,25,29)(H,27,28)(H,32,33). The first-order chi connectivity index (χ1) is 15.9. The van der Waals surface area contributed by atoms with E-state index in [1.54, 1.807) is 6.26 Å². The molecule has 0 aliphatic carbocycles. The molecule has 0 spiro atoms. The number of hydrogen-bond acceptors (Lipinski definition) is 8. The van der Waals surface area contributed by atoms with Crippen LogP contribution < -0.4 is 21.7 Å². The van der Waals surface area contributed by atoms with Gasteiger partial charge >= 0.3 is 11.9 Å². The van der Waals surface area contributed by atoms with Crippen molar-refractivity contribution in [3.63, 3.8) is 0 Å². The molecule has 1 rings (SSSR count). The maximum absolute atomic E-state index is 12.7. The summed E-state index contributed by atoms with van der Waals surface area (Å²) in [5.74, 6) is -4.31. The number of amides is 3. The zero-order valence-corrected chi connectivity index (χ0v) is 19.6. The number of nitrogens with one attached hydrogen (secondary N) is 3. The molecule has 0 aromatic heterocycles. The monoisotopic (exact) mass is 498 g/mol. The number of phenols is 1. The maximum atomic E-state index is 12.7. The van der Waals surface area contributed by atoms with Crippen LogP contribution in [0.1, 0.15) is 25.3 Å². The van der Waals surface area contributed by atoms with Gasteiger partial charge in [-0.15, -0.1) is 0 Å². The van der Waals surface area contributed by atoms with E-state index in [2.05, 4.69) is 16.0 Å². The van der Waals surface area contributed by atoms with E-state index >= 15 is 0 Å². The normalized spacial score (nSPS) is 14.2. The third-order valence-corrected chi connectivity index (χ3v) is 5.36. The minimum absolute atomic E-state index is 0.0167. The quantitative estimate of drug-likeness (QED) is 0.167. The van der Waals surface area contributed by atoms with E-state index < -0.39 is 60.2 Å². The van der Waals surface area contributed by atoms with E-state index in [0.29, 0.717) is 11.3 Å². The highest BCUT2D eigenvalue weighted by atomic mass is 32.2. The molecule has 1 aromatic rings. The lowest BCUT2D eigenvalue weighted by molar-refractivity contribution is -0.142. The Balaban J connectivity index is 2.77. The second kappa shape index (κ2) is 14.1. The highest BCUT2D eigenvalue weighted by Gasteiger charge is 2.28. The molecule has 34 heavy (non-hydrogen) atoms. The second-order valence-corrected chi connectivity index (χ2v) is 8.53. The number of carboxylic acid groups (broad SMARTS) is 2. The Morgan fingerprint density at radius 2 is 1.53 bits per heavy atom. The van der Waals surface area contributed by atoms with Crippen LogP contribution in [0, 0.1) is 0 Å². The Morgan fingerprint density at radius 1 is 0.941 bits per heavy atom. The van der Waals surface area contributed by atoms with Gasteiger partial charge in [-0.2, -0.15) is 11.8 Å². The summed E-state index contributed by atoms with van der Waals surface area (Å²) in [6.45, 7) is 1.36. The van der Waals surface area contributed by atoms with Crippen molar-refractivity contribution in [3.8, 4) is 5.75 Å². The molecule has 0 aliphatic heterocycles. The summed E-state index contributed by atoms with van der Waals surface area (Å²) in [7, 11) is 0. The number of thioether (sulfide) groups is 1. The number of aromatic hydroxyl groups is 1. The Kier molecular flexibility index (Phi) is 11.9. The number of rotatable bonds is 14. The summed E-state index contributed by atoms with van der Waals surface area (Å²) >= 11 is 1.42. The van der Waals surface area contributed by atoms with E-state index in [1.165, 1.54) is 43.0 Å². The summed E-state index contributed by atoms with van der Waals surface area (Å²) in [5.41, 5.74) is 6.11. The highest BCUT2D eigenvalue weighted by molar-refractivity contribution is 7.98. The first kappa shape index (κ1) is 28.7. The van der Waals surface area contributed by atoms with Gasteiger partial charge in [0.2, 0.25) is 17.7 Å². The zero-order valence-electron chi connectivity index (χ0n) is 18.8. The van der Waals surface area contributed by atoms with E-state index in [0.717, 1.165) is 0 Å². The molecular weight excluding hydrogens is 468 g/mol. The van der Waals surface area contributed by atoms with Gasteiger partial charge in [-0.25, -0.2) is 4.79 Å². The molecule has 0 heterocycles. The molecule has 0 bridgehead atoms. The number of aliphatic carboxylic acids is 2. The van der Waals surface area contributed by atoms with Crippen LogP contribution in [-0.4, -0.2) is 81.2 Å². The number of carbonyl (C=O) groups is 5. The summed E-state index contributed by atoms with van der Waals surface area (Å²) in [5, 5.41) is 34.7. The number of hydrogen-bond donors (Lipinski definition) is 7. The number of carboxylic acids is 2. The summed E-state index contributed by atoms with van der Waals surface area (Å²) in [6.07, 6.45) is 1.34. The predicted molar refractivity (Wildman–Crippen MR) is 124 cm³/mol. The molecule has 4 atom stereocenters. The smallest absolute Gasteiger partial charge is 0.326 e. The van der Waals surface area contributed by atoms with Crippen LogP contribution in [0.4, 0.5) is 0 Å². The largest absolute Gasteiger partial charge is 0.508 e. The zero-order chi connectivity index (χ0) is 25.8. The van der Waals surface area contributed by atoms with Crippen LogP contribution in [0.5, 0.6) is 5.75 Å². The van der Waals surface area contributed by atoms with Gasteiger partial charge in [0.05, 0.1) is 12.5 Å². The fourth-order valence-corrected chi connectivity index (χ4v) is 3.28. The van der Waals surface area contributed by atoms with Crippen molar-refractivity contribution in [2.24, 2.45) is 5.73 Å². The summed E-state index contributed by atoms with van der Waals surface area (Å²) in [6, 6.07) is 1.01. The predicted octanol–water partition coefficient (Wildman–Crippen LogP) is -0.951. The van der Waals surface area contributed by atoms with Gasteiger partial charge in [-0.05, 0) is 43.0 Å². The minimum Gasteiger partial charge on any atom is -0.508 e. The average Bonchev–Trinajstić information content (AvgIpc) is 2.76. The van der Waals surface area contributed by atoms with E-state index in [4.69, 9.17) is 10.8 Å². The molecule has 0 saturated heterocycles. The van der Waals surface area contributed by atoms with Gasteiger partial charge in [0.1, 0.15) is 23.9 Å². The fraction of sp³-hybridized carbons (Fsp3) is 0.476. The topological polar surface area (TPSA) is 208 Å². The second-order valence-electron chi connectivity index (χ2n) is 7.55. The van der Waals surface area contributed by atoms with Gasteiger partial charge < -0.3 is 37.0 Å². The first-order valence-electron chi connectivity index (χ1n) is 10.3. The molecule has 12 nitrogen and oxygen atoms in total. The van der Waals surface area contributed by atoms with Crippen molar-refractivity contribution in [1.82, 2.24) is 16.0 Å². The SMILES string of the molecule is CSCCC(NC(=O)C(N)CC(=O)O)C(=O)NC(C)C(=O)NC(Cc1ccc(O)cc1)C(=O)O. The molecule has 3 amide bonds. The van der Waals surface area contributed by atoms with Crippen LogP contribution in [0.3, 0.4) is 0 Å². The number of nitrogens with two attached hydrogens (primary N) is 1. The molecule has 0 saturated carbocycles. The molecule has 13 heteroatoms. The van der Waals surface area contributed by atoms with Gasteiger partial charge in [0.25, 0.3) is 0 Å². The molecule has 8 N–H and O–H groups in total. The van der Waals surface area contributed by atoms with Crippen LogP contribution in [0.15, 0.2) is 24.3 Å². The van der Waals surface area contributed by atoms with Crippen molar-refractivity contribution >= 4 is 41.4 Å². The van der Waals surface area contributed by atoms with Gasteiger partial charge in [0, 0.05) is 6.42 Å². The molecule has 4 unspecified atom stereocenters. The third kappa shape index (κ3) is 10.1. The van der Waals surface area contributed by atoms with Crippen LogP contribution in [0.25, 0.3) is 0 Å². The van der Waals surface area contributed by atoms with Crippen molar-refractivity contribution < 1.29 is 39.3 Å². The number of carbonyl (C=O) groups excluding carboxylic acids is 3. The van der Waals surface area contributed by atoms with E-state index in [9.17, 15) is 34.2 Å².